The maximum atomic E-state index is 12.8. The zero-order chi connectivity index (χ0) is 19.3. The maximum Gasteiger partial charge on any atom is 0.339 e. The predicted molar refractivity (Wildman–Crippen MR) is 85.1 cm³/mol. The molecule has 0 saturated carbocycles. The van der Waals surface area contributed by atoms with Gasteiger partial charge in [0.25, 0.3) is 17.3 Å². The first-order valence-electron chi connectivity index (χ1n) is 6.92. The van der Waals surface area contributed by atoms with Crippen molar-refractivity contribution in [3.63, 3.8) is 0 Å². The van der Waals surface area contributed by atoms with Crippen LogP contribution >= 0.6 is 0 Å². The summed E-state index contributed by atoms with van der Waals surface area (Å²) in [5.74, 6) is -2.39. The summed E-state index contributed by atoms with van der Waals surface area (Å²) in [7, 11) is 0. The van der Waals surface area contributed by atoms with Crippen LogP contribution in [0.25, 0.3) is 0 Å². The molecule has 2 rings (SSSR count). The van der Waals surface area contributed by atoms with Gasteiger partial charge in [0.2, 0.25) is 0 Å². The number of hydrogen-bond donors (Lipinski definition) is 1. The normalized spacial score (nSPS) is 10.0. The number of carbonyl (C=O) groups excluding carboxylic acids is 2. The Morgan fingerprint density at radius 1 is 1.00 bits per heavy atom. The third kappa shape index (κ3) is 4.80. The number of hydrogen-bond acceptors (Lipinski definition) is 7. The molecular formula is C15H10FN3O7. The highest BCUT2D eigenvalue weighted by Gasteiger charge is 2.21. The van der Waals surface area contributed by atoms with Crippen LogP contribution in [0.2, 0.25) is 0 Å². The Hall–Kier alpha value is -3.89. The highest BCUT2D eigenvalue weighted by atomic mass is 19.1. The van der Waals surface area contributed by atoms with Crippen molar-refractivity contribution in [3.05, 3.63) is 74.1 Å². The van der Waals surface area contributed by atoms with Crippen molar-refractivity contribution >= 4 is 28.9 Å². The first kappa shape index (κ1) is 18.4. The van der Waals surface area contributed by atoms with Gasteiger partial charge in [0, 0.05) is 17.8 Å². The minimum Gasteiger partial charge on any atom is -0.452 e. The number of nitro groups is 2. The summed E-state index contributed by atoms with van der Waals surface area (Å²) < 4.78 is 17.5. The fraction of sp³-hybridized carbons (Fsp3) is 0.0667. The van der Waals surface area contributed by atoms with Crippen LogP contribution in [-0.4, -0.2) is 28.3 Å². The number of benzene rings is 2. The van der Waals surface area contributed by atoms with Crippen molar-refractivity contribution in [1.29, 1.82) is 0 Å². The van der Waals surface area contributed by atoms with Crippen molar-refractivity contribution in [2.24, 2.45) is 0 Å². The molecule has 2 aromatic rings. The molecule has 0 unspecified atom stereocenters. The smallest absolute Gasteiger partial charge is 0.339 e. The molecule has 0 heterocycles. The molecule has 2 aromatic carbocycles. The molecule has 1 amide bonds. The monoisotopic (exact) mass is 363 g/mol. The first-order chi connectivity index (χ1) is 12.3. The van der Waals surface area contributed by atoms with Gasteiger partial charge in [-0.25, -0.2) is 9.18 Å². The summed E-state index contributed by atoms with van der Waals surface area (Å²) in [6.45, 7) is -0.743. The number of amides is 1. The van der Waals surface area contributed by atoms with Crippen LogP contribution in [0.15, 0.2) is 42.5 Å². The summed E-state index contributed by atoms with van der Waals surface area (Å²) in [5, 5.41) is 23.9. The van der Waals surface area contributed by atoms with Crippen molar-refractivity contribution in [2.75, 3.05) is 11.9 Å². The van der Waals surface area contributed by atoms with Gasteiger partial charge < -0.3 is 10.1 Å². The Bertz CT molecular complexity index is 851. The number of nitro benzene ring substituents is 2. The molecule has 26 heavy (non-hydrogen) atoms. The molecule has 0 saturated heterocycles. The van der Waals surface area contributed by atoms with E-state index in [9.17, 15) is 34.2 Å². The molecular weight excluding hydrogens is 353 g/mol. The van der Waals surface area contributed by atoms with Crippen LogP contribution in [0.4, 0.5) is 21.5 Å². The Labute approximate surface area is 144 Å². The molecule has 0 atom stereocenters. The minimum atomic E-state index is -1.15. The molecule has 0 radical (unpaired) electrons. The lowest BCUT2D eigenvalue weighted by molar-refractivity contribution is -0.394. The number of esters is 1. The SMILES string of the molecule is O=C(COC(=O)c1cc([N+](=O)[O-])cc([N+](=O)[O-])c1)Nc1ccc(F)cc1. The number of ether oxygens (including phenoxy) is 1. The number of rotatable bonds is 6. The van der Waals surface area contributed by atoms with E-state index in [-0.39, 0.29) is 5.69 Å². The molecule has 0 aliphatic carbocycles. The van der Waals surface area contributed by atoms with Gasteiger partial charge in [0.1, 0.15) is 5.82 Å². The van der Waals surface area contributed by atoms with Crippen molar-refractivity contribution in [1.82, 2.24) is 0 Å². The van der Waals surface area contributed by atoms with Gasteiger partial charge in [-0.3, -0.25) is 25.0 Å². The van der Waals surface area contributed by atoms with Gasteiger partial charge in [-0.05, 0) is 24.3 Å². The Morgan fingerprint density at radius 2 is 1.54 bits per heavy atom. The lowest BCUT2D eigenvalue weighted by atomic mass is 10.2. The number of nitrogens with zero attached hydrogens (tertiary/aromatic N) is 2. The molecule has 0 spiro atoms. The van der Waals surface area contributed by atoms with E-state index >= 15 is 0 Å². The highest BCUT2D eigenvalue weighted by molar-refractivity contribution is 5.96. The fourth-order valence-corrected chi connectivity index (χ4v) is 1.87. The van der Waals surface area contributed by atoms with E-state index in [2.05, 4.69) is 10.1 Å². The number of nitrogens with one attached hydrogen (secondary N) is 1. The average molecular weight is 363 g/mol. The highest BCUT2D eigenvalue weighted by Crippen LogP contribution is 2.23. The quantitative estimate of drug-likeness (QED) is 0.472. The maximum absolute atomic E-state index is 12.8. The van der Waals surface area contributed by atoms with Gasteiger partial charge in [-0.2, -0.15) is 0 Å². The number of carbonyl (C=O) groups is 2. The fourth-order valence-electron chi connectivity index (χ4n) is 1.87. The van der Waals surface area contributed by atoms with Crippen LogP contribution in [-0.2, 0) is 9.53 Å². The molecule has 0 bridgehead atoms. The zero-order valence-corrected chi connectivity index (χ0v) is 12.9. The third-order valence-corrected chi connectivity index (χ3v) is 3.02. The lowest BCUT2D eigenvalue weighted by Gasteiger charge is -2.06. The Balaban J connectivity index is 2.05. The van der Waals surface area contributed by atoms with Gasteiger partial charge in [-0.1, -0.05) is 0 Å². The zero-order valence-electron chi connectivity index (χ0n) is 12.9. The topological polar surface area (TPSA) is 142 Å². The van der Waals surface area contributed by atoms with Crippen LogP contribution in [0.1, 0.15) is 10.4 Å². The van der Waals surface area contributed by atoms with Gasteiger partial charge in [0.15, 0.2) is 6.61 Å². The minimum absolute atomic E-state index is 0.262. The lowest BCUT2D eigenvalue weighted by Crippen LogP contribution is -2.21. The summed E-state index contributed by atoms with van der Waals surface area (Å²) in [5.41, 5.74) is -1.51. The second-order valence-corrected chi connectivity index (χ2v) is 4.88. The summed E-state index contributed by atoms with van der Waals surface area (Å²) in [4.78, 5) is 43.4. The standard InChI is InChI=1S/C15H10FN3O7/c16-10-1-3-11(4-2-10)17-14(20)8-26-15(21)9-5-12(18(22)23)7-13(6-9)19(24)25/h1-7H,8H2,(H,17,20). The third-order valence-electron chi connectivity index (χ3n) is 3.02. The van der Waals surface area contributed by atoms with E-state index in [1.54, 1.807) is 0 Å². The molecule has 11 heteroatoms. The molecule has 10 nitrogen and oxygen atoms in total. The number of non-ortho nitro benzene ring substituents is 2. The molecule has 0 aliphatic heterocycles. The molecule has 1 N–H and O–H groups in total. The van der Waals surface area contributed by atoms with Crippen molar-refractivity contribution in [2.45, 2.75) is 0 Å². The van der Waals surface area contributed by atoms with E-state index in [1.807, 2.05) is 0 Å². The Kier molecular flexibility index (Phi) is 5.53. The Morgan fingerprint density at radius 3 is 2.04 bits per heavy atom. The molecule has 0 fully saturated rings. The predicted octanol–water partition coefficient (Wildman–Crippen LogP) is 2.44. The largest absolute Gasteiger partial charge is 0.452 e. The average Bonchev–Trinajstić information content (AvgIpc) is 2.61. The first-order valence-corrected chi connectivity index (χ1v) is 6.92. The van der Waals surface area contributed by atoms with Crippen LogP contribution in [0.5, 0.6) is 0 Å². The van der Waals surface area contributed by atoms with Crippen molar-refractivity contribution in [3.8, 4) is 0 Å². The second kappa shape index (κ2) is 7.79. The van der Waals surface area contributed by atoms with Gasteiger partial charge in [-0.15, -0.1) is 0 Å². The van der Waals surface area contributed by atoms with E-state index in [0.29, 0.717) is 6.07 Å². The van der Waals surface area contributed by atoms with Gasteiger partial charge >= 0.3 is 5.97 Å². The van der Waals surface area contributed by atoms with Crippen LogP contribution < -0.4 is 5.32 Å². The summed E-state index contributed by atoms with van der Waals surface area (Å²) in [6, 6.07) is 7.10. The van der Waals surface area contributed by atoms with Gasteiger partial charge in [0.05, 0.1) is 21.5 Å². The van der Waals surface area contributed by atoms with E-state index in [4.69, 9.17) is 0 Å². The molecule has 0 aliphatic rings. The number of halogens is 1. The van der Waals surface area contributed by atoms with E-state index < -0.39 is 51.1 Å². The van der Waals surface area contributed by atoms with E-state index in [0.717, 1.165) is 24.3 Å². The molecule has 0 aromatic heterocycles. The van der Waals surface area contributed by atoms with Crippen LogP contribution in [0.3, 0.4) is 0 Å². The van der Waals surface area contributed by atoms with Crippen molar-refractivity contribution < 1.29 is 28.6 Å². The summed E-state index contributed by atoms with van der Waals surface area (Å²) >= 11 is 0. The van der Waals surface area contributed by atoms with Crippen LogP contribution in [0, 0.1) is 26.0 Å². The number of anilines is 1. The van der Waals surface area contributed by atoms with E-state index in [1.165, 1.54) is 12.1 Å². The summed E-state index contributed by atoms with van der Waals surface area (Å²) in [6.07, 6.45) is 0. The second-order valence-electron chi connectivity index (χ2n) is 4.88. The molecule has 134 valence electrons.